The molecule has 1 amide bonds. The molecule has 2 rings (SSSR count). The van der Waals surface area contributed by atoms with Gasteiger partial charge in [-0.05, 0) is 31.0 Å². The lowest BCUT2D eigenvalue weighted by molar-refractivity contribution is 0.0925. The zero-order valence-corrected chi connectivity index (χ0v) is 12.1. The Hall–Kier alpha value is -0.480. The van der Waals surface area contributed by atoms with Crippen LogP contribution in [0.25, 0.3) is 0 Å². The highest BCUT2D eigenvalue weighted by Crippen LogP contribution is 2.21. The first-order chi connectivity index (χ1) is 8.16. The summed E-state index contributed by atoms with van der Waals surface area (Å²) in [5.74, 6) is -0.00519. The Bertz CT molecular complexity index is 416. The molecule has 1 aromatic rings. The summed E-state index contributed by atoms with van der Waals surface area (Å²) in [5, 5.41) is 3.09. The Morgan fingerprint density at radius 1 is 1.29 bits per heavy atom. The monoisotopic (exact) mass is 313 g/mol. The van der Waals surface area contributed by atoms with Crippen LogP contribution in [0.2, 0.25) is 0 Å². The average molecular weight is 314 g/mol. The molecule has 0 saturated heterocycles. The Morgan fingerprint density at radius 3 is 2.65 bits per heavy atom. The minimum atomic E-state index is -0.00519. The van der Waals surface area contributed by atoms with E-state index in [1.54, 1.807) is 0 Å². The van der Waals surface area contributed by atoms with Crippen LogP contribution in [0.5, 0.6) is 0 Å². The number of carbonyl (C=O) groups is 1. The highest BCUT2D eigenvalue weighted by Gasteiger charge is 2.17. The van der Waals surface area contributed by atoms with E-state index in [2.05, 4.69) is 33.9 Å². The second kappa shape index (κ2) is 5.91. The van der Waals surface area contributed by atoms with Crippen molar-refractivity contribution < 1.29 is 4.79 Å². The van der Waals surface area contributed by atoms with Crippen LogP contribution >= 0.6 is 28.6 Å². The maximum absolute atomic E-state index is 12.1. The molecule has 1 saturated carbocycles. The predicted molar refractivity (Wildman–Crippen MR) is 75.7 cm³/mol. The van der Waals surface area contributed by atoms with Gasteiger partial charge < -0.3 is 5.32 Å². The smallest absolute Gasteiger partial charge is 0.252 e. The van der Waals surface area contributed by atoms with E-state index in [1.807, 2.05) is 18.2 Å². The van der Waals surface area contributed by atoms with Crippen LogP contribution in [0.1, 0.15) is 42.5 Å². The molecular weight excluding hydrogens is 298 g/mol. The molecule has 0 aromatic heterocycles. The number of halogens is 1. The van der Waals surface area contributed by atoms with Gasteiger partial charge in [0.25, 0.3) is 5.91 Å². The van der Waals surface area contributed by atoms with Gasteiger partial charge >= 0.3 is 0 Å². The number of hydrogen-bond acceptors (Lipinski definition) is 2. The molecule has 0 heterocycles. The molecule has 1 aliphatic rings. The summed E-state index contributed by atoms with van der Waals surface area (Å²) in [6.07, 6.45) is 5.94. The normalized spacial score (nSPS) is 16.8. The lowest BCUT2D eigenvalue weighted by atomic mass is 9.95. The van der Waals surface area contributed by atoms with Crippen molar-refractivity contribution in [1.82, 2.24) is 5.32 Å². The van der Waals surface area contributed by atoms with Crippen LogP contribution < -0.4 is 5.32 Å². The standard InChI is InChI=1S/C13H16BrNOS/c14-9-6-7-11(12(17)8-9)13(16)15-10-4-2-1-3-5-10/h6-8,10,17H,1-5H2,(H,15,16). The highest BCUT2D eigenvalue weighted by atomic mass is 79.9. The number of nitrogens with one attached hydrogen (secondary N) is 1. The van der Waals surface area contributed by atoms with Gasteiger partial charge in [0.05, 0.1) is 5.56 Å². The summed E-state index contributed by atoms with van der Waals surface area (Å²) < 4.78 is 0.941. The quantitative estimate of drug-likeness (QED) is 0.799. The molecule has 1 fully saturated rings. The topological polar surface area (TPSA) is 29.1 Å². The summed E-state index contributed by atoms with van der Waals surface area (Å²) in [6, 6.07) is 5.87. The van der Waals surface area contributed by atoms with Crippen molar-refractivity contribution in [3.63, 3.8) is 0 Å². The van der Waals surface area contributed by atoms with Crippen LogP contribution in [0.4, 0.5) is 0 Å². The molecule has 1 aromatic carbocycles. The van der Waals surface area contributed by atoms with Gasteiger partial charge in [0.2, 0.25) is 0 Å². The van der Waals surface area contributed by atoms with E-state index >= 15 is 0 Å². The van der Waals surface area contributed by atoms with Crippen molar-refractivity contribution in [2.75, 3.05) is 0 Å². The summed E-state index contributed by atoms with van der Waals surface area (Å²) in [5.41, 5.74) is 0.655. The summed E-state index contributed by atoms with van der Waals surface area (Å²) in [6.45, 7) is 0. The van der Waals surface area contributed by atoms with E-state index in [0.29, 0.717) is 16.5 Å². The zero-order chi connectivity index (χ0) is 12.3. The summed E-state index contributed by atoms with van der Waals surface area (Å²) >= 11 is 7.70. The number of amides is 1. The van der Waals surface area contributed by atoms with Gasteiger partial charge in [-0.1, -0.05) is 35.2 Å². The fraction of sp³-hybridized carbons (Fsp3) is 0.462. The molecule has 0 unspecified atom stereocenters. The minimum absolute atomic E-state index is 0.00519. The zero-order valence-electron chi connectivity index (χ0n) is 9.58. The van der Waals surface area contributed by atoms with Crippen LogP contribution in [0, 0.1) is 0 Å². The van der Waals surface area contributed by atoms with Gasteiger partial charge in [-0.2, -0.15) is 0 Å². The van der Waals surface area contributed by atoms with Crippen molar-refractivity contribution in [3.05, 3.63) is 28.2 Å². The number of benzene rings is 1. The lowest BCUT2D eigenvalue weighted by Gasteiger charge is -2.23. The lowest BCUT2D eigenvalue weighted by Crippen LogP contribution is -2.36. The number of hydrogen-bond donors (Lipinski definition) is 2. The molecule has 0 spiro atoms. The van der Waals surface area contributed by atoms with Gasteiger partial charge in [-0.15, -0.1) is 12.6 Å². The van der Waals surface area contributed by atoms with Crippen molar-refractivity contribution in [2.45, 2.75) is 43.0 Å². The first-order valence-electron chi connectivity index (χ1n) is 5.96. The third kappa shape index (κ3) is 3.49. The van der Waals surface area contributed by atoms with Crippen molar-refractivity contribution in [1.29, 1.82) is 0 Å². The molecular formula is C13H16BrNOS. The van der Waals surface area contributed by atoms with E-state index in [-0.39, 0.29) is 5.91 Å². The van der Waals surface area contributed by atoms with E-state index in [1.165, 1.54) is 19.3 Å². The van der Waals surface area contributed by atoms with E-state index in [0.717, 1.165) is 17.3 Å². The molecule has 2 nitrogen and oxygen atoms in total. The third-order valence-corrected chi connectivity index (χ3v) is 4.01. The number of carbonyl (C=O) groups excluding carboxylic acids is 1. The maximum atomic E-state index is 12.1. The number of rotatable bonds is 2. The predicted octanol–water partition coefficient (Wildman–Crippen LogP) is 3.80. The largest absolute Gasteiger partial charge is 0.349 e. The third-order valence-electron chi connectivity index (χ3n) is 3.14. The van der Waals surface area contributed by atoms with Crippen molar-refractivity contribution in [2.24, 2.45) is 0 Å². The van der Waals surface area contributed by atoms with E-state index in [9.17, 15) is 4.79 Å². The molecule has 0 atom stereocenters. The molecule has 1 aliphatic carbocycles. The van der Waals surface area contributed by atoms with Gasteiger partial charge in [0.15, 0.2) is 0 Å². The SMILES string of the molecule is O=C(NC1CCCCC1)c1ccc(Br)cc1S. The molecule has 0 aliphatic heterocycles. The fourth-order valence-corrected chi connectivity index (χ4v) is 3.06. The first kappa shape index (κ1) is 13.0. The summed E-state index contributed by atoms with van der Waals surface area (Å²) in [7, 11) is 0. The van der Waals surface area contributed by atoms with Crippen molar-refractivity contribution in [3.8, 4) is 0 Å². The second-order valence-electron chi connectivity index (χ2n) is 4.47. The second-order valence-corrected chi connectivity index (χ2v) is 5.87. The van der Waals surface area contributed by atoms with Crippen LogP contribution in [0.3, 0.4) is 0 Å². The maximum Gasteiger partial charge on any atom is 0.252 e. The van der Waals surface area contributed by atoms with Crippen LogP contribution in [-0.2, 0) is 0 Å². The molecule has 0 bridgehead atoms. The summed E-state index contributed by atoms with van der Waals surface area (Å²) in [4.78, 5) is 12.8. The van der Waals surface area contributed by atoms with Crippen molar-refractivity contribution >= 4 is 34.5 Å². The van der Waals surface area contributed by atoms with E-state index in [4.69, 9.17) is 0 Å². The Labute approximate surface area is 116 Å². The molecule has 0 radical (unpaired) electrons. The van der Waals surface area contributed by atoms with Crippen LogP contribution in [-0.4, -0.2) is 11.9 Å². The van der Waals surface area contributed by atoms with Gasteiger partial charge in [-0.3, -0.25) is 4.79 Å². The Balaban J connectivity index is 2.03. The Morgan fingerprint density at radius 2 is 2.00 bits per heavy atom. The Kier molecular flexibility index (Phi) is 4.51. The molecule has 92 valence electrons. The van der Waals surface area contributed by atoms with Gasteiger partial charge in [0, 0.05) is 15.4 Å². The van der Waals surface area contributed by atoms with Gasteiger partial charge in [0.1, 0.15) is 0 Å². The minimum Gasteiger partial charge on any atom is -0.349 e. The molecule has 1 N–H and O–H groups in total. The van der Waals surface area contributed by atoms with Crippen LogP contribution in [0.15, 0.2) is 27.6 Å². The fourth-order valence-electron chi connectivity index (χ4n) is 2.21. The highest BCUT2D eigenvalue weighted by molar-refractivity contribution is 9.10. The van der Waals surface area contributed by atoms with E-state index < -0.39 is 0 Å². The van der Waals surface area contributed by atoms with Gasteiger partial charge in [-0.25, -0.2) is 0 Å². The average Bonchev–Trinajstić information content (AvgIpc) is 2.30. The molecule has 4 heteroatoms. The molecule has 17 heavy (non-hydrogen) atoms. The first-order valence-corrected chi connectivity index (χ1v) is 7.20. The number of thiol groups is 1.